The fourth-order valence-electron chi connectivity index (χ4n) is 1.30. The Balaban J connectivity index is 2.85. The molecule has 0 fully saturated rings. The van der Waals surface area contributed by atoms with Gasteiger partial charge in [-0.1, -0.05) is 11.6 Å². The SMILES string of the molecule is CC(C)=CCOc1cccc(C(=O)O)c1C. The van der Waals surface area contributed by atoms with Crippen molar-refractivity contribution in [2.24, 2.45) is 0 Å². The zero-order chi connectivity index (χ0) is 12.1. The standard InChI is InChI=1S/C13H16O3/c1-9(2)7-8-16-12-6-4-5-11(10(12)3)13(14)15/h4-7H,8H2,1-3H3,(H,14,15). The van der Waals surface area contributed by atoms with Gasteiger partial charge in [0.1, 0.15) is 12.4 Å². The van der Waals surface area contributed by atoms with Crippen LogP contribution in [0.25, 0.3) is 0 Å². The minimum absolute atomic E-state index is 0.287. The van der Waals surface area contributed by atoms with Gasteiger partial charge in [0.2, 0.25) is 0 Å². The Kier molecular flexibility index (Phi) is 4.11. The summed E-state index contributed by atoms with van der Waals surface area (Å²) in [6, 6.07) is 5.04. The van der Waals surface area contributed by atoms with Gasteiger partial charge in [0, 0.05) is 5.56 Å². The van der Waals surface area contributed by atoms with E-state index in [0.717, 1.165) is 0 Å². The molecule has 0 saturated carbocycles. The molecule has 1 rings (SSSR count). The quantitative estimate of drug-likeness (QED) is 0.793. The summed E-state index contributed by atoms with van der Waals surface area (Å²) in [6.07, 6.45) is 1.95. The lowest BCUT2D eigenvalue weighted by atomic mass is 10.1. The third-order valence-electron chi connectivity index (χ3n) is 2.24. The molecule has 0 unspecified atom stereocenters. The van der Waals surface area contributed by atoms with Gasteiger partial charge in [-0.05, 0) is 39.0 Å². The zero-order valence-electron chi connectivity index (χ0n) is 9.78. The molecule has 3 nitrogen and oxygen atoms in total. The highest BCUT2D eigenvalue weighted by Crippen LogP contribution is 2.21. The van der Waals surface area contributed by atoms with Gasteiger partial charge >= 0.3 is 5.97 Å². The number of rotatable bonds is 4. The first-order valence-electron chi connectivity index (χ1n) is 5.11. The molecular formula is C13H16O3. The first-order valence-corrected chi connectivity index (χ1v) is 5.11. The van der Waals surface area contributed by atoms with Crippen molar-refractivity contribution in [3.63, 3.8) is 0 Å². The molecule has 0 atom stereocenters. The van der Waals surface area contributed by atoms with Crippen LogP contribution in [-0.4, -0.2) is 17.7 Å². The van der Waals surface area contributed by atoms with Crippen molar-refractivity contribution in [1.29, 1.82) is 0 Å². The molecule has 16 heavy (non-hydrogen) atoms. The van der Waals surface area contributed by atoms with E-state index in [1.54, 1.807) is 25.1 Å². The van der Waals surface area contributed by atoms with Crippen LogP contribution in [0.1, 0.15) is 29.8 Å². The number of aromatic carboxylic acids is 1. The summed E-state index contributed by atoms with van der Waals surface area (Å²) >= 11 is 0. The molecule has 1 aromatic rings. The molecule has 86 valence electrons. The lowest BCUT2D eigenvalue weighted by Gasteiger charge is -2.09. The van der Waals surface area contributed by atoms with Crippen molar-refractivity contribution in [2.75, 3.05) is 6.61 Å². The van der Waals surface area contributed by atoms with Gasteiger partial charge in [0.05, 0.1) is 5.56 Å². The third-order valence-corrected chi connectivity index (χ3v) is 2.24. The van der Waals surface area contributed by atoms with Crippen LogP contribution >= 0.6 is 0 Å². The lowest BCUT2D eigenvalue weighted by Crippen LogP contribution is -2.03. The van der Waals surface area contributed by atoms with Crippen LogP contribution in [0.4, 0.5) is 0 Å². The first-order chi connectivity index (χ1) is 7.52. The second-order valence-electron chi connectivity index (χ2n) is 3.83. The molecule has 3 heteroatoms. The number of benzene rings is 1. The van der Waals surface area contributed by atoms with Gasteiger partial charge in [0.25, 0.3) is 0 Å². The number of hydrogen-bond acceptors (Lipinski definition) is 2. The molecule has 0 aromatic heterocycles. The maximum Gasteiger partial charge on any atom is 0.336 e. The minimum Gasteiger partial charge on any atom is -0.489 e. The first kappa shape index (κ1) is 12.3. The van der Waals surface area contributed by atoms with Crippen molar-refractivity contribution in [1.82, 2.24) is 0 Å². The summed E-state index contributed by atoms with van der Waals surface area (Å²) in [5, 5.41) is 8.94. The van der Waals surface area contributed by atoms with Crippen molar-refractivity contribution in [2.45, 2.75) is 20.8 Å². The molecule has 0 bridgehead atoms. The summed E-state index contributed by atoms with van der Waals surface area (Å²) in [6.45, 7) is 6.20. The normalized spacial score (nSPS) is 9.69. The number of ether oxygens (including phenoxy) is 1. The van der Waals surface area contributed by atoms with Crippen molar-refractivity contribution >= 4 is 5.97 Å². The third kappa shape index (κ3) is 3.12. The molecule has 1 N–H and O–H groups in total. The van der Waals surface area contributed by atoms with E-state index in [0.29, 0.717) is 17.9 Å². The van der Waals surface area contributed by atoms with Gasteiger partial charge in [-0.25, -0.2) is 4.79 Å². The van der Waals surface area contributed by atoms with Gasteiger partial charge < -0.3 is 9.84 Å². The fraction of sp³-hybridized carbons (Fsp3) is 0.308. The van der Waals surface area contributed by atoms with Crippen LogP contribution in [0.3, 0.4) is 0 Å². The maximum atomic E-state index is 10.9. The Morgan fingerprint density at radius 2 is 2.12 bits per heavy atom. The average molecular weight is 220 g/mol. The Morgan fingerprint density at radius 3 is 2.69 bits per heavy atom. The van der Waals surface area contributed by atoms with E-state index in [2.05, 4.69) is 0 Å². The van der Waals surface area contributed by atoms with E-state index in [1.807, 2.05) is 19.9 Å². The molecule has 1 aromatic carbocycles. The number of allylic oxidation sites excluding steroid dienone is 1. The lowest BCUT2D eigenvalue weighted by molar-refractivity contribution is 0.0695. The molecule has 0 spiro atoms. The largest absolute Gasteiger partial charge is 0.489 e. The number of carbonyl (C=O) groups is 1. The van der Waals surface area contributed by atoms with Crippen molar-refractivity contribution < 1.29 is 14.6 Å². The highest BCUT2D eigenvalue weighted by Gasteiger charge is 2.10. The maximum absolute atomic E-state index is 10.9. The molecule has 0 aliphatic rings. The van der Waals surface area contributed by atoms with E-state index < -0.39 is 5.97 Å². The summed E-state index contributed by atoms with van der Waals surface area (Å²) < 4.78 is 5.50. The zero-order valence-corrected chi connectivity index (χ0v) is 9.78. The van der Waals surface area contributed by atoms with Crippen LogP contribution in [0.2, 0.25) is 0 Å². The summed E-state index contributed by atoms with van der Waals surface area (Å²) in [5.74, 6) is -0.303. The molecule has 0 radical (unpaired) electrons. The van der Waals surface area contributed by atoms with Crippen LogP contribution in [0.15, 0.2) is 29.8 Å². The number of carboxylic acid groups (broad SMARTS) is 1. The second-order valence-corrected chi connectivity index (χ2v) is 3.83. The van der Waals surface area contributed by atoms with Gasteiger partial charge in [-0.15, -0.1) is 0 Å². The van der Waals surface area contributed by atoms with Gasteiger partial charge in [-0.3, -0.25) is 0 Å². The highest BCUT2D eigenvalue weighted by atomic mass is 16.5. The molecule has 0 saturated heterocycles. The monoisotopic (exact) mass is 220 g/mol. The average Bonchev–Trinajstić information content (AvgIpc) is 2.19. The number of hydrogen-bond donors (Lipinski definition) is 1. The summed E-state index contributed by atoms with van der Waals surface area (Å²) in [7, 11) is 0. The van der Waals surface area contributed by atoms with E-state index in [9.17, 15) is 4.79 Å². The predicted molar refractivity (Wildman–Crippen MR) is 63.1 cm³/mol. The van der Waals surface area contributed by atoms with E-state index in [1.165, 1.54) is 5.57 Å². The molecular weight excluding hydrogens is 204 g/mol. The molecule has 0 heterocycles. The van der Waals surface area contributed by atoms with Crippen LogP contribution < -0.4 is 4.74 Å². The van der Waals surface area contributed by atoms with E-state index in [4.69, 9.17) is 9.84 Å². The van der Waals surface area contributed by atoms with Gasteiger partial charge in [-0.2, -0.15) is 0 Å². The van der Waals surface area contributed by atoms with E-state index in [-0.39, 0.29) is 5.56 Å². The Bertz CT molecular complexity index is 415. The Morgan fingerprint density at radius 1 is 1.44 bits per heavy atom. The Labute approximate surface area is 95.4 Å². The Hall–Kier alpha value is -1.77. The van der Waals surface area contributed by atoms with E-state index >= 15 is 0 Å². The van der Waals surface area contributed by atoms with Crippen molar-refractivity contribution in [3.05, 3.63) is 41.0 Å². The van der Waals surface area contributed by atoms with Gasteiger partial charge in [0.15, 0.2) is 0 Å². The number of carboxylic acids is 1. The smallest absolute Gasteiger partial charge is 0.336 e. The van der Waals surface area contributed by atoms with Crippen molar-refractivity contribution in [3.8, 4) is 5.75 Å². The second kappa shape index (κ2) is 5.35. The molecule has 0 aliphatic carbocycles. The highest BCUT2D eigenvalue weighted by molar-refractivity contribution is 5.90. The van der Waals surface area contributed by atoms with Crippen LogP contribution in [-0.2, 0) is 0 Å². The fourth-order valence-corrected chi connectivity index (χ4v) is 1.30. The topological polar surface area (TPSA) is 46.5 Å². The molecule has 0 amide bonds. The summed E-state index contributed by atoms with van der Waals surface area (Å²) in [5.41, 5.74) is 2.12. The predicted octanol–water partition coefficient (Wildman–Crippen LogP) is 3.04. The van der Waals surface area contributed by atoms with Crippen LogP contribution in [0.5, 0.6) is 5.75 Å². The summed E-state index contributed by atoms with van der Waals surface area (Å²) in [4.78, 5) is 10.9. The van der Waals surface area contributed by atoms with Crippen LogP contribution in [0, 0.1) is 6.92 Å². The minimum atomic E-state index is -0.926. The molecule has 0 aliphatic heterocycles.